The minimum Gasteiger partial charge on any atom is -0.445 e. The highest BCUT2D eigenvalue weighted by molar-refractivity contribution is 5.86. The molecule has 3 atom stereocenters. The Morgan fingerprint density at radius 2 is 1.78 bits per heavy atom. The Kier molecular flexibility index (Phi) is 5.79. The van der Waals surface area contributed by atoms with E-state index in [0.29, 0.717) is 12.0 Å². The van der Waals surface area contributed by atoms with Crippen molar-refractivity contribution in [2.75, 3.05) is 0 Å². The van der Waals surface area contributed by atoms with Crippen LogP contribution in [0.2, 0.25) is 0 Å². The van der Waals surface area contributed by atoms with Crippen molar-refractivity contribution < 1.29 is 8.81 Å². The first-order valence-corrected chi connectivity index (χ1v) is 11.6. The molecule has 0 spiro atoms. The minimum atomic E-state index is -0.239. The highest BCUT2D eigenvalue weighted by Crippen LogP contribution is 2.36. The third-order valence-electron chi connectivity index (χ3n) is 6.73. The summed E-state index contributed by atoms with van der Waals surface area (Å²) >= 11 is 0. The Hall–Kier alpha value is -2.98. The summed E-state index contributed by atoms with van der Waals surface area (Å²) in [5, 5.41) is 6.47. The largest absolute Gasteiger partial charge is 0.445 e. The third-order valence-corrected chi connectivity index (χ3v) is 6.73. The number of rotatable bonds is 5. The van der Waals surface area contributed by atoms with Crippen LogP contribution >= 0.6 is 0 Å². The van der Waals surface area contributed by atoms with Crippen LogP contribution in [0.4, 0.5) is 4.39 Å². The molecule has 164 valence electrons. The molecule has 3 unspecified atom stereocenters. The maximum Gasteiger partial charge on any atom is 0.198 e. The van der Waals surface area contributed by atoms with Crippen LogP contribution in [0.1, 0.15) is 61.8 Å². The van der Waals surface area contributed by atoms with Crippen molar-refractivity contribution in [3.8, 4) is 11.3 Å². The van der Waals surface area contributed by atoms with Gasteiger partial charge in [0.1, 0.15) is 17.3 Å². The van der Waals surface area contributed by atoms with E-state index in [1.807, 2.05) is 6.92 Å². The van der Waals surface area contributed by atoms with Crippen molar-refractivity contribution >= 4 is 10.8 Å². The van der Waals surface area contributed by atoms with E-state index in [4.69, 9.17) is 9.40 Å². The molecule has 4 heteroatoms. The molecule has 1 aliphatic rings. The zero-order valence-corrected chi connectivity index (χ0v) is 18.6. The van der Waals surface area contributed by atoms with E-state index in [1.54, 1.807) is 12.1 Å². The molecule has 4 aromatic rings. The van der Waals surface area contributed by atoms with Crippen LogP contribution in [0.3, 0.4) is 0 Å². The molecule has 1 saturated carbocycles. The van der Waals surface area contributed by atoms with Crippen molar-refractivity contribution in [2.45, 2.75) is 57.5 Å². The van der Waals surface area contributed by atoms with Gasteiger partial charge in [0.25, 0.3) is 0 Å². The van der Waals surface area contributed by atoms with Crippen LogP contribution in [0.5, 0.6) is 0 Å². The summed E-state index contributed by atoms with van der Waals surface area (Å²) in [6, 6.07) is 22.3. The number of hydrogen-bond donors (Lipinski definition) is 1. The number of nitrogens with zero attached hydrogens (tertiary/aromatic N) is 1. The number of fused-ring (bicyclic) bond motifs is 1. The molecule has 1 heterocycles. The molecule has 3 aromatic carbocycles. The predicted octanol–water partition coefficient (Wildman–Crippen LogP) is 7.32. The number of benzene rings is 3. The van der Waals surface area contributed by atoms with Gasteiger partial charge < -0.3 is 9.73 Å². The Morgan fingerprint density at radius 1 is 1.00 bits per heavy atom. The second kappa shape index (κ2) is 8.87. The van der Waals surface area contributed by atoms with Crippen LogP contribution in [0, 0.1) is 12.7 Å². The summed E-state index contributed by atoms with van der Waals surface area (Å²) in [4.78, 5) is 4.83. The molecule has 0 amide bonds. The quantitative estimate of drug-likeness (QED) is 0.362. The van der Waals surface area contributed by atoms with E-state index in [2.05, 4.69) is 54.7 Å². The second-order valence-corrected chi connectivity index (χ2v) is 8.98. The second-order valence-electron chi connectivity index (χ2n) is 8.98. The summed E-state index contributed by atoms with van der Waals surface area (Å²) < 4.78 is 19.4. The van der Waals surface area contributed by atoms with Gasteiger partial charge in [-0.1, -0.05) is 48.9 Å². The topological polar surface area (TPSA) is 38.1 Å². The normalized spacial score (nSPS) is 19.8. The molecule has 0 bridgehead atoms. The highest BCUT2D eigenvalue weighted by Gasteiger charge is 2.28. The van der Waals surface area contributed by atoms with Gasteiger partial charge >= 0.3 is 0 Å². The molecule has 0 radical (unpaired) electrons. The molecule has 32 heavy (non-hydrogen) atoms. The van der Waals surface area contributed by atoms with Gasteiger partial charge in [-0.2, -0.15) is 0 Å². The molecular weight excluding hydrogens is 399 g/mol. The molecule has 0 aliphatic heterocycles. The Labute approximate surface area is 188 Å². The molecular formula is C28H29FN2O. The summed E-state index contributed by atoms with van der Waals surface area (Å²) in [7, 11) is 0. The molecule has 5 rings (SSSR count). The first-order chi connectivity index (χ1) is 15.6. The van der Waals surface area contributed by atoms with Gasteiger partial charge in [0.15, 0.2) is 5.89 Å². The summed E-state index contributed by atoms with van der Waals surface area (Å²) in [5.74, 6) is 1.67. The van der Waals surface area contributed by atoms with Crippen LogP contribution < -0.4 is 5.32 Å². The minimum absolute atomic E-state index is 0.239. The lowest BCUT2D eigenvalue weighted by Gasteiger charge is -2.31. The summed E-state index contributed by atoms with van der Waals surface area (Å²) in [6.45, 7) is 4.20. The fraction of sp³-hybridized carbons (Fsp3) is 0.321. The first kappa shape index (κ1) is 20.9. The van der Waals surface area contributed by atoms with Crippen molar-refractivity contribution in [3.05, 3.63) is 89.8 Å². The van der Waals surface area contributed by atoms with Gasteiger partial charge in [-0.25, -0.2) is 9.37 Å². The van der Waals surface area contributed by atoms with E-state index in [1.165, 1.54) is 28.5 Å². The maximum atomic E-state index is 13.3. The van der Waals surface area contributed by atoms with Gasteiger partial charge in [-0.3, -0.25) is 0 Å². The molecule has 1 N–H and O–H groups in total. The van der Waals surface area contributed by atoms with Crippen LogP contribution in [0.25, 0.3) is 22.0 Å². The van der Waals surface area contributed by atoms with Crippen molar-refractivity contribution in [3.63, 3.8) is 0 Å². The lowest BCUT2D eigenvalue weighted by molar-refractivity contribution is 0.286. The number of halogens is 1. The number of aromatic nitrogens is 1. The number of hydrogen-bond acceptors (Lipinski definition) is 3. The smallest absolute Gasteiger partial charge is 0.198 e. The predicted molar refractivity (Wildman–Crippen MR) is 127 cm³/mol. The monoisotopic (exact) mass is 428 g/mol. The van der Waals surface area contributed by atoms with Crippen LogP contribution in [-0.2, 0) is 0 Å². The number of nitrogens with one attached hydrogen (secondary N) is 1. The van der Waals surface area contributed by atoms with E-state index in [-0.39, 0.29) is 11.9 Å². The fourth-order valence-electron chi connectivity index (χ4n) is 5.10. The Bertz CT molecular complexity index is 1210. The fourth-order valence-corrected chi connectivity index (χ4v) is 5.10. The number of aryl methyl sites for hydroxylation is 1. The Balaban J connectivity index is 1.31. The van der Waals surface area contributed by atoms with Crippen molar-refractivity contribution in [1.29, 1.82) is 0 Å². The zero-order chi connectivity index (χ0) is 22.1. The van der Waals surface area contributed by atoms with E-state index < -0.39 is 0 Å². The summed E-state index contributed by atoms with van der Waals surface area (Å²) in [5.41, 5.74) is 3.06. The SMILES string of the molecule is Cc1oc(C2CCCC(NC(C)c3cccc4ccccc34)C2)nc1-c1ccc(F)cc1. The molecule has 3 nitrogen and oxygen atoms in total. The van der Waals surface area contributed by atoms with Gasteiger partial charge in [0.05, 0.1) is 0 Å². The van der Waals surface area contributed by atoms with Gasteiger partial charge in [0.2, 0.25) is 0 Å². The third kappa shape index (κ3) is 4.20. The molecule has 1 fully saturated rings. The molecule has 0 saturated heterocycles. The molecule has 1 aliphatic carbocycles. The van der Waals surface area contributed by atoms with Crippen molar-refractivity contribution in [1.82, 2.24) is 10.3 Å². The van der Waals surface area contributed by atoms with Crippen LogP contribution in [-0.4, -0.2) is 11.0 Å². The van der Waals surface area contributed by atoms with Crippen LogP contribution in [0.15, 0.2) is 71.1 Å². The lowest BCUT2D eigenvalue weighted by Crippen LogP contribution is -2.35. The van der Waals surface area contributed by atoms with Gasteiger partial charge in [-0.05, 0) is 73.7 Å². The zero-order valence-electron chi connectivity index (χ0n) is 18.6. The maximum absolute atomic E-state index is 13.3. The standard InChI is InChI=1S/C28H29FN2O/c1-18(25-12-6-8-20-7-3-4-11-26(20)25)30-24-10-5-9-22(17-24)28-31-27(19(2)32-28)21-13-15-23(29)16-14-21/h3-4,6-8,11-16,18,22,24,30H,5,9-10,17H2,1-2H3. The van der Waals surface area contributed by atoms with E-state index in [9.17, 15) is 4.39 Å². The average molecular weight is 429 g/mol. The van der Waals surface area contributed by atoms with Gasteiger partial charge in [-0.15, -0.1) is 0 Å². The lowest BCUT2D eigenvalue weighted by atomic mass is 9.85. The number of oxazole rings is 1. The first-order valence-electron chi connectivity index (χ1n) is 11.6. The van der Waals surface area contributed by atoms with Gasteiger partial charge in [0, 0.05) is 23.6 Å². The summed E-state index contributed by atoms with van der Waals surface area (Å²) in [6.07, 6.45) is 4.41. The highest BCUT2D eigenvalue weighted by atomic mass is 19.1. The van der Waals surface area contributed by atoms with E-state index in [0.717, 1.165) is 48.6 Å². The average Bonchev–Trinajstić information content (AvgIpc) is 3.21. The molecule has 1 aromatic heterocycles. The Morgan fingerprint density at radius 3 is 2.62 bits per heavy atom. The van der Waals surface area contributed by atoms with Crippen molar-refractivity contribution in [2.24, 2.45) is 0 Å². The van der Waals surface area contributed by atoms with E-state index >= 15 is 0 Å².